The summed E-state index contributed by atoms with van der Waals surface area (Å²) in [5.41, 5.74) is 0. The summed E-state index contributed by atoms with van der Waals surface area (Å²) in [6.07, 6.45) is -0.290. The van der Waals surface area contributed by atoms with Gasteiger partial charge in [0.05, 0.1) is 17.5 Å². The van der Waals surface area contributed by atoms with E-state index in [4.69, 9.17) is 16.3 Å². The van der Waals surface area contributed by atoms with Crippen LogP contribution in [0.1, 0.15) is 13.3 Å². The molecule has 0 aliphatic carbocycles. The van der Waals surface area contributed by atoms with Gasteiger partial charge in [0.25, 0.3) is 5.91 Å². The van der Waals surface area contributed by atoms with Gasteiger partial charge in [0.15, 0.2) is 15.9 Å². The van der Waals surface area contributed by atoms with E-state index in [9.17, 15) is 13.2 Å². The Kier molecular flexibility index (Phi) is 5.54. The van der Waals surface area contributed by atoms with E-state index in [1.807, 2.05) is 0 Å². The minimum Gasteiger partial charge on any atom is -0.481 e. The average molecular weight is 361 g/mol. The second kappa shape index (κ2) is 7.07. The van der Waals surface area contributed by atoms with E-state index in [2.05, 4.69) is 0 Å². The molecule has 6 nitrogen and oxygen atoms in total. The Balaban J connectivity index is 2.09. The van der Waals surface area contributed by atoms with Gasteiger partial charge < -0.3 is 4.74 Å². The number of benzene rings is 1. The number of hydrogen-bond acceptors (Lipinski definition) is 5. The SMILES string of the molecule is C[C@H](Oc1ccc(Cl)cc1)C(=O)N([C@H]1CCS(=O)(=O)C1)N(C)C. The fourth-order valence-electron chi connectivity index (χ4n) is 2.63. The summed E-state index contributed by atoms with van der Waals surface area (Å²) in [6.45, 7) is 1.65. The fourth-order valence-corrected chi connectivity index (χ4v) is 4.44. The first-order chi connectivity index (χ1) is 10.7. The molecule has 2 rings (SSSR count). The number of nitrogens with zero attached hydrogens (tertiary/aromatic N) is 2. The fraction of sp³-hybridized carbons (Fsp3) is 0.533. The molecule has 0 bridgehead atoms. The molecule has 1 aromatic carbocycles. The third-order valence-electron chi connectivity index (χ3n) is 3.69. The Labute approximate surface area is 141 Å². The highest BCUT2D eigenvalue weighted by atomic mass is 35.5. The number of carbonyl (C=O) groups excluding carboxylic acids is 1. The first-order valence-corrected chi connectivity index (χ1v) is 9.52. The van der Waals surface area contributed by atoms with Crippen molar-refractivity contribution in [3.05, 3.63) is 29.3 Å². The van der Waals surface area contributed by atoms with Crippen molar-refractivity contribution in [2.45, 2.75) is 25.5 Å². The van der Waals surface area contributed by atoms with E-state index in [-0.39, 0.29) is 23.5 Å². The highest BCUT2D eigenvalue weighted by Crippen LogP contribution is 2.21. The molecule has 0 radical (unpaired) electrons. The molecule has 1 aliphatic rings. The van der Waals surface area contributed by atoms with Gasteiger partial charge in [-0.15, -0.1) is 0 Å². The minimum absolute atomic E-state index is 0.00934. The molecule has 0 unspecified atom stereocenters. The van der Waals surface area contributed by atoms with E-state index in [1.165, 1.54) is 5.01 Å². The van der Waals surface area contributed by atoms with Crippen molar-refractivity contribution in [3.63, 3.8) is 0 Å². The third kappa shape index (κ3) is 4.59. The maximum atomic E-state index is 12.7. The van der Waals surface area contributed by atoms with Crippen molar-refractivity contribution in [2.24, 2.45) is 0 Å². The standard InChI is InChI=1S/C15H21ClN2O4S/c1-11(22-14-6-4-12(16)5-7-14)15(19)18(17(2)3)13-8-9-23(20,21)10-13/h4-7,11,13H,8-10H2,1-3H3/t11-,13-/m0/s1. The molecule has 23 heavy (non-hydrogen) atoms. The summed E-state index contributed by atoms with van der Waals surface area (Å²) in [4.78, 5) is 12.7. The van der Waals surface area contributed by atoms with Crippen molar-refractivity contribution in [1.82, 2.24) is 10.0 Å². The van der Waals surface area contributed by atoms with Crippen LogP contribution in [0.2, 0.25) is 5.02 Å². The first-order valence-electron chi connectivity index (χ1n) is 7.32. The Bertz CT molecular complexity index is 661. The van der Waals surface area contributed by atoms with Crippen molar-refractivity contribution < 1.29 is 17.9 Å². The van der Waals surface area contributed by atoms with Gasteiger partial charge >= 0.3 is 0 Å². The van der Waals surface area contributed by atoms with Gasteiger partial charge in [-0.1, -0.05) is 11.6 Å². The largest absolute Gasteiger partial charge is 0.481 e. The van der Waals surface area contributed by atoms with Crippen LogP contribution in [0.25, 0.3) is 0 Å². The van der Waals surface area contributed by atoms with Crippen LogP contribution in [0.15, 0.2) is 24.3 Å². The lowest BCUT2D eigenvalue weighted by Crippen LogP contribution is -2.53. The molecule has 128 valence electrons. The van der Waals surface area contributed by atoms with Crippen LogP contribution in [0.4, 0.5) is 0 Å². The van der Waals surface area contributed by atoms with Crippen molar-refractivity contribution in [3.8, 4) is 5.75 Å². The molecular weight excluding hydrogens is 340 g/mol. The summed E-state index contributed by atoms with van der Waals surface area (Å²) < 4.78 is 29.0. The summed E-state index contributed by atoms with van der Waals surface area (Å²) >= 11 is 5.82. The van der Waals surface area contributed by atoms with E-state index >= 15 is 0 Å². The molecule has 1 saturated heterocycles. The van der Waals surface area contributed by atoms with Gasteiger partial charge in [-0.05, 0) is 37.6 Å². The highest BCUT2D eigenvalue weighted by molar-refractivity contribution is 7.91. The van der Waals surface area contributed by atoms with E-state index in [1.54, 1.807) is 50.3 Å². The molecular formula is C15H21ClN2O4S. The molecule has 1 fully saturated rings. The van der Waals surface area contributed by atoms with Gasteiger partial charge in [-0.3, -0.25) is 9.80 Å². The van der Waals surface area contributed by atoms with E-state index in [0.717, 1.165) is 0 Å². The van der Waals surface area contributed by atoms with E-state index in [0.29, 0.717) is 17.2 Å². The average Bonchev–Trinajstić information content (AvgIpc) is 2.81. The number of rotatable bonds is 5. The van der Waals surface area contributed by atoms with Crippen LogP contribution in [-0.4, -0.2) is 62.1 Å². The van der Waals surface area contributed by atoms with Crippen LogP contribution < -0.4 is 4.74 Å². The number of amides is 1. The highest BCUT2D eigenvalue weighted by Gasteiger charge is 2.37. The molecule has 0 spiro atoms. The lowest BCUT2D eigenvalue weighted by atomic mass is 10.2. The molecule has 1 aromatic rings. The maximum absolute atomic E-state index is 12.7. The summed E-state index contributed by atoms with van der Waals surface area (Å²) in [6, 6.07) is 6.39. The van der Waals surface area contributed by atoms with Crippen LogP contribution in [-0.2, 0) is 14.6 Å². The van der Waals surface area contributed by atoms with Gasteiger partial charge in [-0.2, -0.15) is 0 Å². The quantitative estimate of drug-likeness (QED) is 0.746. The number of carbonyl (C=O) groups is 1. The van der Waals surface area contributed by atoms with Gasteiger partial charge in [0, 0.05) is 19.1 Å². The van der Waals surface area contributed by atoms with Crippen molar-refractivity contribution in [2.75, 3.05) is 25.6 Å². The monoisotopic (exact) mass is 360 g/mol. The maximum Gasteiger partial charge on any atom is 0.277 e. The molecule has 8 heteroatoms. The number of halogens is 1. The summed E-state index contributed by atoms with van der Waals surface area (Å²) in [5.74, 6) is 0.367. The summed E-state index contributed by atoms with van der Waals surface area (Å²) in [7, 11) is 0.367. The zero-order valence-corrected chi connectivity index (χ0v) is 15.0. The topological polar surface area (TPSA) is 66.9 Å². The Morgan fingerprint density at radius 2 is 1.91 bits per heavy atom. The van der Waals surface area contributed by atoms with Gasteiger partial charge in [-0.25, -0.2) is 13.4 Å². The number of hydrazine groups is 1. The Morgan fingerprint density at radius 3 is 2.39 bits per heavy atom. The zero-order valence-electron chi connectivity index (χ0n) is 13.4. The lowest BCUT2D eigenvalue weighted by molar-refractivity contribution is -0.156. The molecule has 1 heterocycles. The number of ether oxygens (including phenoxy) is 1. The lowest BCUT2D eigenvalue weighted by Gasteiger charge is -2.35. The van der Waals surface area contributed by atoms with Crippen LogP contribution >= 0.6 is 11.6 Å². The third-order valence-corrected chi connectivity index (χ3v) is 5.69. The molecule has 1 aliphatic heterocycles. The molecule has 2 atom stereocenters. The normalized spacial score (nSPS) is 21.2. The summed E-state index contributed by atoms with van der Waals surface area (Å²) in [5, 5.41) is 3.68. The molecule has 1 amide bonds. The zero-order chi connectivity index (χ0) is 17.2. The second-order valence-corrected chi connectivity index (χ2v) is 8.47. The number of hydrogen-bond donors (Lipinski definition) is 0. The number of sulfone groups is 1. The first kappa shape index (κ1) is 18.0. The second-order valence-electron chi connectivity index (χ2n) is 5.80. The molecule has 0 N–H and O–H groups in total. The predicted molar refractivity (Wildman–Crippen MR) is 89.1 cm³/mol. The Morgan fingerprint density at radius 1 is 1.30 bits per heavy atom. The van der Waals surface area contributed by atoms with E-state index < -0.39 is 15.9 Å². The van der Waals surface area contributed by atoms with Gasteiger partial charge in [0.1, 0.15) is 5.75 Å². The van der Waals surface area contributed by atoms with Crippen LogP contribution in [0.3, 0.4) is 0 Å². The minimum atomic E-state index is -3.07. The molecule has 0 saturated carbocycles. The smallest absolute Gasteiger partial charge is 0.277 e. The van der Waals surface area contributed by atoms with Crippen LogP contribution in [0.5, 0.6) is 5.75 Å². The van der Waals surface area contributed by atoms with Crippen molar-refractivity contribution in [1.29, 1.82) is 0 Å². The van der Waals surface area contributed by atoms with Gasteiger partial charge in [0.2, 0.25) is 0 Å². The molecule has 0 aromatic heterocycles. The predicted octanol–water partition coefficient (Wildman–Crippen LogP) is 1.60. The van der Waals surface area contributed by atoms with Crippen LogP contribution in [0, 0.1) is 0 Å². The van der Waals surface area contributed by atoms with Crippen molar-refractivity contribution >= 4 is 27.3 Å². The Hall–Kier alpha value is -1.31.